The molecule has 4 atom stereocenters. The number of imidazole rings is 1. The van der Waals surface area contributed by atoms with Gasteiger partial charge in [0.1, 0.15) is 30.1 Å². The Labute approximate surface area is 244 Å². The van der Waals surface area contributed by atoms with Crippen molar-refractivity contribution in [3.8, 4) is 0 Å². The third-order valence-corrected chi connectivity index (χ3v) is 7.54. The number of halogens is 1. The van der Waals surface area contributed by atoms with Crippen LogP contribution in [0.15, 0.2) is 55.6 Å². The van der Waals surface area contributed by atoms with Crippen LogP contribution in [0.25, 0.3) is 22.1 Å². The van der Waals surface area contributed by atoms with Gasteiger partial charge in [-0.1, -0.05) is 27.7 Å². The molecule has 214 valence electrons. The average molecular weight is 647 g/mol. The van der Waals surface area contributed by atoms with Crippen molar-refractivity contribution in [2.24, 2.45) is 0 Å². The standard InChI is InChI=1S/C26H23BrN4O9S/c1-12(32)36-9-20-21(37-13(2)33)22(38-14(3)34)24(39-20)31-23-18(8-28-11-29-23)30-26(31)41-10-16-6-15-7-17(27)4-5-19(15)40-25(16)35/h4-8,11,20-22,24H,9-10H2,1-3H3/t20-,21-,22-,24-/m1/s1. The molecule has 4 aromatic rings. The second-order valence-electron chi connectivity index (χ2n) is 9.04. The van der Waals surface area contributed by atoms with Gasteiger partial charge in [-0.3, -0.25) is 19.0 Å². The van der Waals surface area contributed by atoms with Crippen LogP contribution in [0.2, 0.25) is 0 Å². The summed E-state index contributed by atoms with van der Waals surface area (Å²) in [6.45, 7) is 3.38. The number of carbonyl (C=O) groups excluding carboxylic acids is 3. The highest BCUT2D eigenvalue weighted by Gasteiger charge is 2.51. The number of hydrogen-bond donors (Lipinski definition) is 0. The predicted octanol–water partition coefficient (Wildman–Crippen LogP) is 3.31. The van der Waals surface area contributed by atoms with Crippen LogP contribution in [0.5, 0.6) is 0 Å². The van der Waals surface area contributed by atoms with E-state index in [1.165, 1.54) is 45.1 Å². The normalized spacial score (nSPS) is 20.3. The summed E-state index contributed by atoms with van der Waals surface area (Å²) >= 11 is 4.62. The number of thioether (sulfide) groups is 1. The second kappa shape index (κ2) is 12.0. The van der Waals surface area contributed by atoms with Gasteiger partial charge in [-0.05, 0) is 24.3 Å². The minimum atomic E-state index is -1.15. The van der Waals surface area contributed by atoms with Crippen molar-refractivity contribution >= 4 is 67.7 Å². The van der Waals surface area contributed by atoms with Crippen molar-refractivity contribution in [3.05, 3.63) is 57.2 Å². The molecule has 1 aliphatic rings. The first-order valence-electron chi connectivity index (χ1n) is 12.3. The van der Waals surface area contributed by atoms with Crippen LogP contribution in [0.4, 0.5) is 0 Å². The van der Waals surface area contributed by atoms with Crippen molar-refractivity contribution in [2.45, 2.75) is 56.2 Å². The van der Waals surface area contributed by atoms with E-state index >= 15 is 0 Å². The number of fused-ring (bicyclic) bond motifs is 2. The zero-order valence-electron chi connectivity index (χ0n) is 21.9. The van der Waals surface area contributed by atoms with Gasteiger partial charge in [0.05, 0.1) is 6.20 Å². The molecule has 1 aliphatic heterocycles. The molecule has 13 nitrogen and oxygen atoms in total. The van der Waals surface area contributed by atoms with Crippen LogP contribution in [-0.4, -0.2) is 62.3 Å². The summed E-state index contributed by atoms with van der Waals surface area (Å²) in [5.74, 6) is -1.70. The summed E-state index contributed by atoms with van der Waals surface area (Å²) < 4.78 is 30.3. The molecule has 0 aliphatic carbocycles. The van der Waals surface area contributed by atoms with E-state index in [-0.39, 0.29) is 12.4 Å². The number of aromatic nitrogens is 4. The van der Waals surface area contributed by atoms with Crippen LogP contribution >= 0.6 is 27.7 Å². The molecule has 15 heteroatoms. The minimum absolute atomic E-state index is 0.163. The number of nitrogens with zero attached hydrogens (tertiary/aromatic N) is 4. The van der Waals surface area contributed by atoms with Gasteiger partial charge in [0.2, 0.25) is 0 Å². The molecule has 1 saturated heterocycles. The van der Waals surface area contributed by atoms with Gasteiger partial charge < -0.3 is 23.4 Å². The van der Waals surface area contributed by atoms with Crippen LogP contribution in [-0.2, 0) is 39.1 Å². The number of esters is 3. The third kappa shape index (κ3) is 6.26. The number of rotatable bonds is 8. The molecule has 5 rings (SSSR count). The van der Waals surface area contributed by atoms with Gasteiger partial charge in [0.25, 0.3) is 0 Å². The fourth-order valence-corrected chi connectivity index (χ4v) is 5.80. The molecule has 4 heterocycles. The first-order valence-corrected chi connectivity index (χ1v) is 14.0. The van der Waals surface area contributed by atoms with Crippen LogP contribution in [0.1, 0.15) is 32.6 Å². The first kappa shape index (κ1) is 28.7. The highest BCUT2D eigenvalue weighted by atomic mass is 79.9. The smallest absolute Gasteiger partial charge is 0.340 e. The van der Waals surface area contributed by atoms with E-state index in [0.29, 0.717) is 27.5 Å². The fraction of sp³-hybridized carbons (Fsp3) is 0.346. The van der Waals surface area contributed by atoms with Crippen LogP contribution < -0.4 is 5.63 Å². The van der Waals surface area contributed by atoms with Crippen molar-refractivity contribution in [1.29, 1.82) is 0 Å². The molecular formula is C26H23BrN4O9S. The van der Waals surface area contributed by atoms with E-state index in [2.05, 4.69) is 30.9 Å². The van der Waals surface area contributed by atoms with E-state index in [9.17, 15) is 19.2 Å². The van der Waals surface area contributed by atoms with E-state index in [1.54, 1.807) is 22.8 Å². The number of ether oxygens (including phenoxy) is 4. The molecule has 0 N–H and O–H groups in total. The lowest BCUT2D eigenvalue weighted by Crippen LogP contribution is -2.40. The Morgan fingerprint density at radius 2 is 1.83 bits per heavy atom. The van der Waals surface area contributed by atoms with E-state index in [4.69, 9.17) is 23.4 Å². The summed E-state index contributed by atoms with van der Waals surface area (Å²) in [5, 5.41) is 1.09. The van der Waals surface area contributed by atoms with Gasteiger partial charge in [0.15, 0.2) is 29.2 Å². The fourth-order valence-electron chi connectivity index (χ4n) is 4.44. The molecule has 1 fully saturated rings. The second-order valence-corrected chi connectivity index (χ2v) is 10.9. The summed E-state index contributed by atoms with van der Waals surface area (Å²) in [6, 6.07) is 7.06. The summed E-state index contributed by atoms with van der Waals surface area (Å²) in [5.41, 5.74) is 1.09. The molecule has 0 unspecified atom stereocenters. The minimum Gasteiger partial charge on any atom is -0.463 e. The van der Waals surface area contributed by atoms with E-state index in [0.717, 1.165) is 9.86 Å². The Morgan fingerprint density at radius 3 is 2.56 bits per heavy atom. The molecule has 3 aromatic heterocycles. The largest absolute Gasteiger partial charge is 0.463 e. The highest BCUT2D eigenvalue weighted by Crippen LogP contribution is 2.39. The van der Waals surface area contributed by atoms with Crippen molar-refractivity contribution < 1.29 is 37.7 Å². The molecule has 1 aromatic carbocycles. The molecule has 41 heavy (non-hydrogen) atoms. The van der Waals surface area contributed by atoms with E-state index < -0.39 is 48.1 Å². The monoisotopic (exact) mass is 646 g/mol. The van der Waals surface area contributed by atoms with E-state index in [1.807, 2.05) is 6.07 Å². The maximum atomic E-state index is 12.7. The lowest BCUT2D eigenvalue weighted by Gasteiger charge is -2.24. The maximum absolute atomic E-state index is 12.7. The first-order chi connectivity index (χ1) is 19.6. The number of hydrogen-bond acceptors (Lipinski definition) is 13. The topological polar surface area (TPSA) is 162 Å². The Balaban J connectivity index is 1.54. The Hall–Kier alpha value is -3.82. The summed E-state index contributed by atoms with van der Waals surface area (Å²) in [7, 11) is 0. The highest BCUT2D eigenvalue weighted by molar-refractivity contribution is 9.10. The van der Waals surface area contributed by atoms with Gasteiger partial charge in [0, 0.05) is 41.9 Å². The zero-order valence-corrected chi connectivity index (χ0v) is 24.3. The number of carbonyl (C=O) groups is 3. The van der Waals surface area contributed by atoms with Gasteiger partial charge in [-0.25, -0.2) is 19.7 Å². The zero-order chi connectivity index (χ0) is 29.3. The summed E-state index contributed by atoms with van der Waals surface area (Å²) in [6.07, 6.45) is -1.49. The van der Waals surface area contributed by atoms with Crippen LogP contribution in [0.3, 0.4) is 0 Å². The number of benzene rings is 1. The maximum Gasteiger partial charge on any atom is 0.340 e. The Bertz CT molecular complexity index is 1710. The van der Waals surface area contributed by atoms with Gasteiger partial charge >= 0.3 is 23.5 Å². The molecule has 0 saturated carbocycles. The SMILES string of the molecule is CC(=O)OC[C@H]1O[C@@H](n2c(SCc3cc4cc(Br)ccc4oc3=O)nc3cncnc32)[C@H](OC(C)=O)[C@@H]1OC(C)=O. The molecular weight excluding hydrogens is 624 g/mol. The van der Waals surface area contributed by atoms with Crippen molar-refractivity contribution in [3.63, 3.8) is 0 Å². The quantitative estimate of drug-likeness (QED) is 0.119. The van der Waals surface area contributed by atoms with Crippen LogP contribution in [0, 0.1) is 0 Å². The van der Waals surface area contributed by atoms with Gasteiger partial charge in [-0.2, -0.15) is 0 Å². The lowest BCUT2D eigenvalue weighted by atomic mass is 10.1. The molecule has 0 radical (unpaired) electrons. The lowest BCUT2D eigenvalue weighted by molar-refractivity contribution is -0.166. The average Bonchev–Trinajstić information content (AvgIpc) is 3.43. The molecule has 0 amide bonds. The Morgan fingerprint density at radius 1 is 1.07 bits per heavy atom. The molecule has 0 spiro atoms. The van der Waals surface area contributed by atoms with Crippen molar-refractivity contribution in [2.75, 3.05) is 6.61 Å². The third-order valence-electron chi connectivity index (χ3n) is 6.04. The van der Waals surface area contributed by atoms with Crippen molar-refractivity contribution in [1.82, 2.24) is 19.5 Å². The van der Waals surface area contributed by atoms with Gasteiger partial charge in [-0.15, -0.1) is 0 Å². The molecule has 0 bridgehead atoms. The summed E-state index contributed by atoms with van der Waals surface area (Å²) in [4.78, 5) is 61.4. The Kier molecular flexibility index (Phi) is 8.37. The predicted molar refractivity (Wildman–Crippen MR) is 147 cm³/mol.